The molecule has 3 rings (SSSR count). The van der Waals surface area contributed by atoms with Gasteiger partial charge in [0.05, 0.1) is 27.9 Å². The van der Waals surface area contributed by atoms with E-state index >= 15 is 0 Å². The lowest BCUT2D eigenvalue weighted by Gasteiger charge is -2.34. The molecule has 1 heterocycles. The first kappa shape index (κ1) is 23.4. The number of rotatable bonds is 9. The third-order valence-corrected chi connectivity index (χ3v) is 5.53. The number of methoxy groups -OCH3 is 3. The number of carbonyl (C=O) groups is 1. The lowest BCUT2D eigenvalue weighted by molar-refractivity contribution is 0.234. The molecule has 0 atom stereocenters. The van der Waals surface area contributed by atoms with Gasteiger partial charge in [0.25, 0.3) is 0 Å². The summed E-state index contributed by atoms with van der Waals surface area (Å²) in [6.07, 6.45) is 1.79. The quantitative estimate of drug-likeness (QED) is 0.617. The van der Waals surface area contributed by atoms with Gasteiger partial charge < -0.3 is 34.5 Å². The van der Waals surface area contributed by atoms with E-state index in [0.717, 1.165) is 37.2 Å². The van der Waals surface area contributed by atoms with Crippen molar-refractivity contribution in [3.8, 4) is 23.0 Å². The normalized spacial score (nSPS) is 13.9. The van der Waals surface area contributed by atoms with Crippen LogP contribution in [0.1, 0.15) is 25.3 Å². The summed E-state index contributed by atoms with van der Waals surface area (Å²) in [5, 5.41) is 6.01. The number of hydrogen-bond acceptors (Lipinski definition) is 6. The van der Waals surface area contributed by atoms with Gasteiger partial charge in [-0.2, -0.15) is 0 Å². The minimum Gasteiger partial charge on any atom is -0.497 e. The van der Waals surface area contributed by atoms with Gasteiger partial charge in [0.15, 0.2) is 11.5 Å². The maximum atomic E-state index is 12.4. The summed E-state index contributed by atoms with van der Waals surface area (Å²) in [4.78, 5) is 14.8. The molecule has 0 bridgehead atoms. The first-order valence-electron chi connectivity index (χ1n) is 10.9. The highest BCUT2D eigenvalue weighted by Gasteiger charge is 2.21. The van der Waals surface area contributed by atoms with E-state index in [-0.39, 0.29) is 12.1 Å². The van der Waals surface area contributed by atoms with Crippen molar-refractivity contribution in [2.24, 2.45) is 0 Å². The Hall–Kier alpha value is -3.29. The summed E-state index contributed by atoms with van der Waals surface area (Å²) in [6, 6.07) is 11.7. The van der Waals surface area contributed by atoms with Crippen LogP contribution in [-0.2, 0) is 6.54 Å². The molecule has 2 N–H and O–H groups in total. The largest absolute Gasteiger partial charge is 0.497 e. The minimum atomic E-state index is -0.181. The molecule has 8 nitrogen and oxygen atoms in total. The number of amides is 2. The Morgan fingerprint density at radius 1 is 1.00 bits per heavy atom. The first-order chi connectivity index (χ1) is 15.6. The molecular formula is C24H33N3O5. The van der Waals surface area contributed by atoms with Crippen molar-refractivity contribution in [3.63, 3.8) is 0 Å². The van der Waals surface area contributed by atoms with Gasteiger partial charge in [-0.05, 0) is 61.7 Å². The van der Waals surface area contributed by atoms with E-state index in [0.29, 0.717) is 30.4 Å². The molecule has 8 heteroatoms. The van der Waals surface area contributed by atoms with Crippen LogP contribution in [0.4, 0.5) is 10.5 Å². The van der Waals surface area contributed by atoms with Crippen LogP contribution in [0.5, 0.6) is 23.0 Å². The summed E-state index contributed by atoms with van der Waals surface area (Å²) in [5.41, 5.74) is 2.04. The molecule has 0 radical (unpaired) electrons. The SMILES string of the molecule is CCOc1c(OC)cc(CNC(=O)NC2CCN(c3ccc(OC)cc3)CC2)cc1OC. The van der Waals surface area contributed by atoms with E-state index < -0.39 is 0 Å². The molecule has 2 aromatic carbocycles. The molecule has 1 fully saturated rings. The van der Waals surface area contributed by atoms with Crippen LogP contribution in [0.3, 0.4) is 0 Å². The van der Waals surface area contributed by atoms with Crippen LogP contribution < -0.4 is 34.5 Å². The number of ether oxygens (including phenoxy) is 4. The van der Waals surface area contributed by atoms with Crippen molar-refractivity contribution in [2.45, 2.75) is 32.4 Å². The van der Waals surface area contributed by atoms with Gasteiger partial charge in [-0.25, -0.2) is 4.79 Å². The Balaban J connectivity index is 1.49. The van der Waals surface area contributed by atoms with Gasteiger partial charge in [0.2, 0.25) is 5.75 Å². The average Bonchev–Trinajstić information content (AvgIpc) is 2.83. The lowest BCUT2D eigenvalue weighted by Crippen LogP contribution is -2.47. The van der Waals surface area contributed by atoms with Gasteiger partial charge in [0, 0.05) is 31.4 Å². The number of piperidine rings is 1. The van der Waals surface area contributed by atoms with Crippen molar-refractivity contribution in [3.05, 3.63) is 42.0 Å². The Morgan fingerprint density at radius 2 is 1.62 bits per heavy atom. The van der Waals surface area contributed by atoms with Crippen LogP contribution in [0.25, 0.3) is 0 Å². The second-order valence-electron chi connectivity index (χ2n) is 7.55. The summed E-state index contributed by atoms with van der Waals surface area (Å²) in [7, 11) is 4.83. The lowest BCUT2D eigenvalue weighted by atomic mass is 10.0. The average molecular weight is 444 g/mol. The zero-order valence-electron chi connectivity index (χ0n) is 19.3. The van der Waals surface area contributed by atoms with Gasteiger partial charge in [-0.15, -0.1) is 0 Å². The highest BCUT2D eigenvalue weighted by atomic mass is 16.5. The van der Waals surface area contributed by atoms with E-state index in [1.165, 1.54) is 5.69 Å². The summed E-state index contributed by atoms with van der Waals surface area (Å²) in [6.45, 7) is 4.55. The highest BCUT2D eigenvalue weighted by molar-refractivity contribution is 5.74. The minimum absolute atomic E-state index is 0.147. The van der Waals surface area contributed by atoms with E-state index in [9.17, 15) is 4.79 Å². The zero-order chi connectivity index (χ0) is 22.9. The topological polar surface area (TPSA) is 81.3 Å². The van der Waals surface area contributed by atoms with E-state index in [2.05, 4.69) is 27.7 Å². The van der Waals surface area contributed by atoms with Gasteiger partial charge >= 0.3 is 6.03 Å². The number of hydrogen-bond donors (Lipinski definition) is 2. The predicted octanol–water partition coefficient (Wildman–Crippen LogP) is 3.58. The molecule has 174 valence electrons. The van der Waals surface area contributed by atoms with Crippen molar-refractivity contribution in [1.82, 2.24) is 10.6 Å². The standard InChI is InChI=1S/C24H33N3O5/c1-5-32-23-21(30-3)14-17(15-22(23)31-4)16-25-24(28)26-18-10-12-27(13-11-18)19-6-8-20(29-2)9-7-19/h6-9,14-15,18H,5,10-13,16H2,1-4H3,(H2,25,26,28). The number of anilines is 1. The van der Waals surface area contributed by atoms with Crippen molar-refractivity contribution in [1.29, 1.82) is 0 Å². The second-order valence-corrected chi connectivity index (χ2v) is 7.55. The monoisotopic (exact) mass is 443 g/mol. The van der Waals surface area contributed by atoms with Gasteiger partial charge in [-0.1, -0.05) is 0 Å². The summed E-state index contributed by atoms with van der Waals surface area (Å²) in [5.74, 6) is 2.57. The van der Waals surface area contributed by atoms with Gasteiger partial charge in [0.1, 0.15) is 5.75 Å². The molecule has 1 saturated heterocycles. The fraction of sp³-hybridized carbons (Fsp3) is 0.458. The molecule has 0 aromatic heterocycles. The Bertz CT molecular complexity index is 855. The van der Waals surface area contributed by atoms with Gasteiger partial charge in [-0.3, -0.25) is 0 Å². The molecule has 0 saturated carbocycles. The number of carbonyl (C=O) groups excluding carboxylic acids is 1. The third-order valence-electron chi connectivity index (χ3n) is 5.53. The maximum Gasteiger partial charge on any atom is 0.315 e. The summed E-state index contributed by atoms with van der Waals surface area (Å²) >= 11 is 0. The smallest absolute Gasteiger partial charge is 0.315 e. The maximum absolute atomic E-state index is 12.4. The molecule has 0 spiro atoms. The van der Waals surface area contributed by atoms with E-state index in [4.69, 9.17) is 18.9 Å². The van der Waals surface area contributed by atoms with Crippen LogP contribution in [0.15, 0.2) is 36.4 Å². The number of nitrogens with zero attached hydrogens (tertiary/aromatic N) is 1. The molecule has 32 heavy (non-hydrogen) atoms. The van der Waals surface area contributed by atoms with Crippen LogP contribution in [0, 0.1) is 0 Å². The molecule has 2 amide bonds. The number of nitrogens with one attached hydrogen (secondary N) is 2. The Kier molecular flexibility index (Phi) is 8.30. The zero-order valence-corrected chi connectivity index (χ0v) is 19.3. The molecular weight excluding hydrogens is 410 g/mol. The predicted molar refractivity (Wildman–Crippen MR) is 124 cm³/mol. The first-order valence-corrected chi connectivity index (χ1v) is 10.9. The molecule has 1 aliphatic heterocycles. The van der Waals surface area contributed by atoms with Crippen molar-refractivity contribution in [2.75, 3.05) is 45.9 Å². The van der Waals surface area contributed by atoms with Crippen LogP contribution >= 0.6 is 0 Å². The second kappa shape index (κ2) is 11.4. The molecule has 1 aliphatic rings. The number of urea groups is 1. The Morgan fingerprint density at radius 3 is 2.16 bits per heavy atom. The summed E-state index contributed by atoms with van der Waals surface area (Å²) < 4.78 is 21.7. The van der Waals surface area contributed by atoms with Crippen LogP contribution in [0.2, 0.25) is 0 Å². The molecule has 2 aromatic rings. The molecule has 0 aliphatic carbocycles. The fourth-order valence-corrected chi connectivity index (χ4v) is 3.82. The highest BCUT2D eigenvalue weighted by Crippen LogP contribution is 2.38. The fourth-order valence-electron chi connectivity index (χ4n) is 3.82. The Labute approximate surface area is 189 Å². The van der Waals surface area contributed by atoms with E-state index in [1.54, 1.807) is 21.3 Å². The number of benzene rings is 2. The van der Waals surface area contributed by atoms with Crippen molar-refractivity contribution < 1.29 is 23.7 Å². The van der Waals surface area contributed by atoms with Crippen LogP contribution in [-0.4, -0.2) is 53.1 Å². The van der Waals surface area contributed by atoms with E-state index in [1.807, 2.05) is 31.2 Å². The van der Waals surface area contributed by atoms with Crippen molar-refractivity contribution >= 4 is 11.7 Å². The third kappa shape index (κ3) is 5.90. The molecule has 0 unspecified atom stereocenters.